The van der Waals surface area contributed by atoms with E-state index in [-0.39, 0.29) is 0 Å². The fourth-order valence-electron chi connectivity index (χ4n) is 2.32. The highest BCUT2D eigenvalue weighted by atomic mass is 15.1. The fraction of sp³-hybridized carbons (Fsp3) is 0.750. The van der Waals surface area contributed by atoms with E-state index in [4.69, 9.17) is 0 Å². The predicted octanol–water partition coefficient (Wildman–Crippen LogP) is 2.42. The van der Waals surface area contributed by atoms with E-state index in [2.05, 4.69) is 29.4 Å². The maximum Gasteiger partial charge on any atom is 0.0553 e. The molecule has 2 heterocycles. The topological polar surface area (TPSA) is 40.7 Å². The van der Waals surface area contributed by atoms with Gasteiger partial charge in [0.1, 0.15) is 0 Å². The van der Waals surface area contributed by atoms with Crippen LogP contribution in [0, 0.1) is 5.92 Å². The average Bonchev–Trinajstić information content (AvgIpc) is 2.66. The molecule has 1 atom stereocenters. The van der Waals surface area contributed by atoms with E-state index in [1.807, 2.05) is 6.20 Å². The molecule has 2 rings (SSSR count). The molecule has 0 aliphatic carbocycles. The summed E-state index contributed by atoms with van der Waals surface area (Å²) in [5, 5.41) is 10.9. The molecule has 15 heavy (non-hydrogen) atoms. The van der Waals surface area contributed by atoms with Gasteiger partial charge in [-0.05, 0) is 37.3 Å². The molecule has 84 valence electrons. The van der Waals surface area contributed by atoms with E-state index in [1.165, 1.54) is 30.5 Å². The lowest BCUT2D eigenvalue weighted by Gasteiger charge is -2.23. The van der Waals surface area contributed by atoms with Crippen molar-refractivity contribution in [2.45, 2.75) is 45.6 Å². The Hall–Kier alpha value is -0.830. The monoisotopic (exact) mass is 207 g/mol. The fourth-order valence-corrected chi connectivity index (χ4v) is 2.32. The van der Waals surface area contributed by atoms with Crippen molar-refractivity contribution in [3.8, 4) is 0 Å². The van der Waals surface area contributed by atoms with Gasteiger partial charge in [0.25, 0.3) is 0 Å². The molecule has 1 aromatic heterocycles. The lowest BCUT2D eigenvalue weighted by Crippen LogP contribution is -2.27. The summed E-state index contributed by atoms with van der Waals surface area (Å²) in [5.74, 6) is 0.699. The zero-order valence-corrected chi connectivity index (χ0v) is 9.71. The molecule has 1 aliphatic rings. The van der Waals surface area contributed by atoms with Crippen LogP contribution in [0.15, 0.2) is 6.20 Å². The van der Waals surface area contributed by atoms with Crippen molar-refractivity contribution in [2.75, 3.05) is 6.54 Å². The van der Waals surface area contributed by atoms with Gasteiger partial charge in [-0.15, -0.1) is 0 Å². The first-order chi connectivity index (χ1) is 7.27. The van der Waals surface area contributed by atoms with E-state index in [0.29, 0.717) is 12.0 Å². The summed E-state index contributed by atoms with van der Waals surface area (Å²) in [7, 11) is 0. The summed E-state index contributed by atoms with van der Waals surface area (Å²) in [5.41, 5.74) is 2.72. The third-order valence-corrected chi connectivity index (χ3v) is 3.04. The molecule has 2 N–H and O–H groups in total. The van der Waals surface area contributed by atoms with Crippen molar-refractivity contribution in [3.63, 3.8) is 0 Å². The highest BCUT2D eigenvalue weighted by Crippen LogP contribution is 2.25. The summed E-state index contributed by atoms with van der Waals surface area (Å²) in [6.07, 6.45) is 7.00. The lowest BCUT2D eigenvalue weighted by atomic mass is 9.96. The normalized spacial score (nSPS) is 22.2. The minimum Gasteiger partial charge on any atom is -0.309 e. The summed E-state index contributed by atoms with van der Waals surface area (Å²) < 4.78 is 0. The van der Waals surface area contributed by atoms with Gasteiger partial charge in [-0.25, -0.2) is 0 Å². The van der Waals surface area contributed by atoms with Crippen LogP contribution in [0.1, 0.15) is 50.4 Å². The lowest BCUT2D eigenvalue weighted by molar-refractivity contribution is 0.402. The van der Waals surface area contributed by atoms with Crippen molar-refractivity contribution >= 4 is 0 Å². The Morgan fingerprint density at radius 2 is 2.33 bits per heavy atom. The minimum absolute atomic E-state index is 0.509. The van der Waals surface area contributed by atoms with Crippen LogP contribution in [0.3, 0.4) is 0 Å². The number of aromatic amines is 1. The number of nitrogens with zero attached hydrogens (tertiary/aromatic N) is 1. The molecule has 3 heteroatoms. The molecular weight excluding hydrogens is 186 g/mol. The van der Waals surface area contributed by atoms with Gasteiger partial charge in [0.15, 0.2) is 0 Å². The first-order valence-electron chi connectivity index (χ1n) is 6.03. The number of piperidine rings is 1. The standard InChI is InChI=1S/C12H21N3/c1-9(2)7-10-8-14-15-12(10)11-5-3-4-6-13-11/h8-9,11,13H,3-7H2,1-2H3,(H,14,15). The van der Waals surface area contributed by atoms with Gasteiger partial charge >= 0.3 is 0 Å². The predicted molar refractivity (Wildman–Crippen MR) is 61.7 cm³/mol. The van der Waals surface area contributed by atoms with Crippen molar-refractivity contribution in [1.29, 1.82) is 0 Å². The highest BCUT2D eigenvalue weighted by Gasteiger charge is 2.19. The zero-order valence-electron chi connectivity index (χ0n) is 9.71. The van der Waals surface area contributed by atoms with Gasteiger partial charge in [0.05, 0.1) is 11.9 Å². The van der Waals surface area contributed by atoms with E-state index in [0.717, 1.165) is 13.0 Å². The highest BCUT2D eigenvalue weighted by molar-refractivity contribution is 5.20. The van der Waals surface area contributed by atoms with Gasteiger partial charge in [-0.1, -0.05) is 20.3 Å². The number of nitrogens with one attached hydrogen (secondary N) is 2. The number of hydrogen-bond donors (Lipinski definition) is 2. The molecule has 1 fully saturated rings. The Morgan fingerprint density at radius 3 is 3.00 bits per heavy atom. The Labute approximate surface area is 91.7 Å². The van der Waals surface area contributed by atoms with Gasteiger partial charge in [-0.3, -0.25) is 5.10 Å². The van der Waals surface area contributed by atoms with Crippen LogP contribution >= 0.6 is 0 Å². The Bertz CT molecular complexity index is 298. The molecule has 3 nitrogen and oxygen atoms in total. The Balaban J connectivity index is 2.09. The second kappa shape index (κ2) is 4.79. The van der Waals surface area contributed by atoms with Gasteiger partial charge in [-0.2, -0.15) is 5.10 Å². The molecule has 1 unspecified atom stereocenters. The molecule has 1 saturated heterocycles. The van der Waals surface area contributed by atoms with Crippen LogP contribution in [-0.4, -0.2) is 16.7 Å². The van der Waals surface area contributed by atoms with E-state index < -0.39 is 0 Å². The minimum atomic E-state index is 0.509. The van der Waals surface area contributed by atoms with Crippen LogP contribution in [-0.2, 0) is 6.42 Å². The SMILES string of the molecule is CC(C)Cc1cn[nH]c1C1CCCCN1. The van der Waals surface area contributed by atoms with Crippen LogP contribution in [0.5, 0.6) is 0 Å². The Morgan fingerprint density at radius 1 is 1.47 bits per heavy atom. The van der Waals surface area contributed by atoms with E-state index in [1.54, 1.807) is 0 Å². The first-order valence-corrected chi connectivity index (χ1v) is 6.03. The summed E-state index contributed by atoms with van der Waals surface area (Å²) >= 11 is 0. The van der Waals surface area contributed by atoms with Crippen LogP contribution in [0.4, 0.5) is 0 Å². The number of hydrogen-bond acceptors (Lipinski definition) is 2. The average molecular weight is 207 g/mol. The van der Waals surface area contributed by atoms with Gasteiger partial charge < -0.3 is 5.32 Å². The van der Waals surface area contributed by atoms with Crippen LogP contribution in [0.25, 0.3) is 0 Å². The molecule has 0 radical (unpaired) electrons. The second-order valence-corrected chi connectivity index (χ2v) is 4.91. The molecule has 1 aromatic rings. The largest absolute Gasteiger partial charge is 0.309 e. The van der Waals surface area contributed by atoms with Crippen LogP contribution in [0.2, 0.25) is 0 Å². The quantitative estimate of drug-likeness (QED) is 0.799. The second-order valence-electron chi connectivity index (χ2n) is 4.91. The maximum absolute atomic E-state index is 4.19. The third kappa shape index (κ3) is 2.59. The Kier molecular flexibility index (Phi) is 3.41. The summed E-state index contributed by atoms with van der Waals surface area (Å²) in [6.45, 7) is 5.65. The van der Waals surface area contributed by atoms with Crippen molar-refractivity contribution in [1.82, 2.24) is 15.5 Å². The number of rotatable bonds is 3. The molecule has 0 aromatic carbocycles. The molecule has 0 amide bonds. The molecule has 0 spiro atoms. The van der Waals surface area contributed by atoms with Gasteiger partial charge in [0.2, 0.25) is 0 Å². The summed E-state index contributed by atoms with van der Waals surface area (Å²) in [4.78, 5) is 0. The van der Waals surface area contributed by atoms with E-state index >= 15 is 0 Å². The van der Waals surface area contributed by atoms with Crippen molar-refractivity contribution in [2.24, 2.45) is 5.92 Å². The summed E-state index contributed by atoms with van der Waals surface area (Å²) in [6, 6.07) is 0.509. The number of aromatic nitrogens is 2. The molecule has 0 bridgehead atoms. The van der Waals surface area contributed by atoms with Crippen molar-refractivity contribution < 1.29 is 0 Å². The molecule has 0 saturated carbocycles. The van der Waals surface area contributed by atoms with E-state index in [9.17, 15) is 0 Å². The molecular formula is C12H21N3. The smallest absolute Gasteiger partial charge is 0.0553 e. The molecule has 1 aliphatic heterocycles. The van der Waals surface area contributed by atoms with Crippen molar-refractivity contribution in [3.05, 3.63) is 17.5 Å². The number of H-pyrrole nitrogens is 1. The first kappa shape index (κ1) is 10.7. The van der Waals surface area contributed by atoms with Crippen LogP contribution < -0.4 is 5.32 Å². The third-order valence-electron chi connectivity index (χ3n) is 3.04. The van der Waals surface area contributed by atoms with Gasteiger partial charge in [0, 0.05) is 6.04 Å². The zero-order chi connectivity index (χ0) is 10.7. The maximum atomic E-state index is 4.19.